The Hall–Kier alpha value is -0.920. The first-order valence-corrected chi connectivity index (χ1v) is 7.15. The zero-order valence-corrected chi connectivity index (χ0v) is 12.8. The molecule has 18 heavy (non-hydrogen) atoms. The third kappa shape index (κ3) is 3.30. The van der Waals surface area contributed by atoms with E-state index in [0.29, 0.717) is 10.1 Å². The van der Waals surface area contributed by atoms with Crippen LogP contribution in [0.3, 0.4) is 0 Å². The summed E-state index contributed by atoms with van der Waals surface area (Å²) in [6.07, 6.45) is 3.24. The summed E-state index contributed by atoms with van der Waals surface area (Å²) in [5, 5.41) is 9.60. The highest BCUT2D eigenvalue weighted by Crippen LogP contribution is 2.30. The van der Waals surface area contributed by atoms with Gasteiger partial charge in [0, 0.05) is 21.8 Å². The fourth-order valence-corrected chi connectivity index (χ4v) is 2.78. The van der Waals surface area contributed by atoms with E-state index in [1.54, 1.807) is 30.6 Å². The summed E-state index contributed by atoms with van der Waals surface area (Å²) in [7, 11) is 0. The van der Waals surface area contributed by atoms with E-state index in [4.69, 9.17) is 5.11 Å². The third-order valence-corrected chi connectivity index (χ3v) is 3.83. The van der Waals surface area contributed by atoms with Crippen molar-refractivity contribution in [2.45, 2.75) is 10.1 Å². The van der Waals surface area contributed by atoms with Crippen LogP contribution in [0.25, 0.3) is 0 Å². The Morgan fingerprint density at radius 2 is 1.83 bits per heavy atom. The average molecular weight is 390 g/mol. The van der Waals surface area contributed by atoms with Crippen LogP contribution in [0.1, 0.15) is 10.4 Å². The molecule has 0 radical (unpaired) electrons. The zero-order chi connectivity index (χ0) is 13.1. The second-order valence-corrected chi connectivity index (χ2v) is 6.07. The highest BCUT2D eigenvalue weighted by atomic mass is 79.9. The molecule has 0 atom stereocenters. The molecule has 0 amide bonds. The molecule has 1 aromatic carbocycles. The van der Waals surface area contributed by atoms with E-state index in [9.17, 15) is 4.79 Å². The molecule has 1 N–H and O–H groups in total. The summed E-state index contributed by atoms with van der Waals surface area (Å²) >= 11 is 7.77. The minimum absolute atomic E-state index is 0.231. The van der Waals surface area contributed by atoms with Gasteiger partial charge in [0.2, 0.25) is 0 Å². The summed E-state index contributed by atoms with van der Waals surface area (Å²) in [5.74, 6) is -0.970. The molecule has 0 saturated carbocycles. The van der Waals surface area contributed by atoms with Gasteiger partial charge in [-0.2, -0.15) is 0 Å². The molecule has 0 aliphatic heterocycles. The molecule has 2 aromatic rings. The molecule has 0 aliphatic rings. The SMILES string of the molecule is O=C(O)c1ccc(Br)cc1Sc1ncc(Br)cn1. The van der Waals surface area contributed by atoms with Crippen LogP contribution < -0.4 is 0 Å². The number of carboxylic acids is 1. The number of nitrogens with zero attached hydrogens (tertiary/aromatic N) is 2. The highest BCUT2D eigenvalue weighted by molar-refractivity contribution is 9.10. The molecule has 0 unspecified atom stereocenters. The van der Waals surface area contributed by atoms with E-state index < -0.39 is 5.97 Å². The maximum absolute atomic E-state index is 11.1. The van der Waals surface area contributed by atoms with Crippen LogP contribution in [-0.4, -0.2) is 21.0 Å². The van der Waals surface area contributed by atoms with Gasteiger partial charge in [0.15, 0.2) is 5.16 Å². The van der Waals surface area contributed by atoms with E-state index >= 15 is 0 Å². The number of carbonyl (C=O) groups is 1. The van der Waals surface area contributed by atoms with Gasteiger partial charge in [-0.15, -0.1) is 0 Å². The van der Waals surface area contributed by atoms with Crippen molar-refractivity contribution in [2.24, 2.45) is 0 Å². The van der Waals surface area contributed by atoms with Gasteiger partial charge in [0.05, 0.1) is 10.0 Å². The van der Waals surface area contributed by atoms with E-state index in [2.05, 4.69) is 41.8 Å². The average Bonchev–Trinajstić information content (AvgIpc) is 2.32. The van der Waals surface area contributed by atoms with Gasteiger partial charge in [-0.3, -0.25) is 0 Å². The molecular formula is C11H6Br2N2O2S. The van der Waals surface area contributed by atoms with Crippen LogP contribution in [0.5, 0.6) is 0 Å². The highest BCUT2D eigenvalue weighted by Gasteiger charge is 2.12. The Kier molecular flexibility index (Phi) is 4.36. The van der Waals surface area contributed by atoms with Crippen LogP contribution in [0.15, 0.2) is 49.6 Å². The van der Waals surface area contributed by atoms with Crippen molar-refractivity contribution in [2.75, 3.05) is 0 Å². The smallest absolute Gasteiger partial charge is 0.336 e. The van der Waals surface area contributed by atoms with Crippen molar-refractivity contribution < 1.29 is 9.90 Å². The van der Waals surface area contributed by atoms with Crippen molar-refractivity contribution >= 4 is 49.6 Å². The lowest BCUT2D eigenvalue weighted by molar-refractivity contribution is 0.0693. The lowest BCUT2D eigenvalue weighted by Crippen LogP contribution is -1.99. The Bertz CT molecular complexity index is 590. The number of hydrogen-bond donors (Lipinski definition) is 1. The first-order valence-electron chi connectivity index (χ1n) is 4.74. The van der Waals surface area contributed by atoms with Gasteiger partial charge in [0.25, 0.3) is 0 Å². The lowest BCUT2D eigenvalue weighted by Gasteiger charge is -2.05. The predicted molar refractivity (Wildman–Crippen MR) is 75.0 cm³/mol. The molecule has 92 valence electrons. The minimum Gasteiger partial charge on any atom is -0.478 e. The number of hydrogen-bond acceptors (Lipinski definition) is 4. The monoisotopic (exact) mass is 388 g/mol. The van der Waals surface area contributed by atoms with Crippen molar-refractivity contribution in [3.63, 3.8) is 0 Å². The third-order valence-electron chi connectivity index (χ3n) is 1.97. The molecule has 4 nitrogen and oxygen atoms in total. The van der Waals surface area contributed by atoms with E-state index in [1.165, 1.54) is 11.8 Å². The van der Waals surface area contributed by atoms with Crippen molar-refractivity contribution in [3.05, 3.63) is 45.1 Å². The number of rotatable bonds is 3. The first-order chi connectivity index (χ1) is 8.56. The standard InChI is InChI=1S/C11H6Br2N2O2S/c12-6-1-2-8(10(16)17)9(3-6)18-11-14-4-7(13)5-15-11/h1-5H,(H,16,17). The Labute approximate surface area is 124 Å². The summed E-state index contributed by atoms with van der Waals surface area (Å²) in [4.78, 5) is 19.9. The molecule has 0 fully saturated rings. The number of aromatic nitrogens is 2. The summed E-state index contributed by atoms with van der Waals surface area (Å²) in [6, 6.07) is 4.98. The molecule has 2 rings (SSSR count). The summed E-state index contributed by atoms with van der Waals surface area (Å²) in [6.45, 7) is 0. The van der Waals surface area contributed by atoms with E-state index in [0.717, 1.165) is 8.95 Å². The van der Waals surface area contributed by atoms with Gasteiger partial charge in [-0.25, -0.2) is 14.8 Å². The van der Waals surface area contributed by atoms with E-state index in [-0.39, 0.29) is 5.56 Å². The number of halogens is 2. The van der Waals surface area contributed by atoms with Crippen LogP contribution >= 0.6 is 43.6 Å². The molecule has 0 aliphatic carbocycles. The fraction of sp³-hybridized carbons (Fsp3) is 0. The largest absolute Gasteiger partial charge is 0.478 e. The van der Waals surface area contributed by atoms with Crippen molar-refractivity contribution in [1.82, 2.24) is 9.97 Å². The van der Waals surface area contributed by atoms with Gasteiger partial charge in [-0.05, 0) is 45.9 Å². The fourth-order valence-electron chi connectivity index (χ4n) is 1.21. The molecule has 1 heterocycles. The lowest BCUT2D eigenvalue weighted by atomic mass is 10.2. The Morgan fingerprint density at radius 1 is 1.17 bits per heavy atom. The molecule has 0 spiro atoms. The van der Waals surface area contributed by atoms with Crippen LogP contribution in [0.4, 0.5) is 0 Å². The molecule has 7 heteroatoms. The maximum atomic E-state index is 11.1. The number of aromatic carboxylic acids is 1. The quantitative estimate of drug-likeness (QED) is 0.807. The Balaban J connectivity index is 2.35. The van der Waals surface area contributed by atoms with Gasteiger partial charge in [0.1, 0.15) is 0 Å². The van der Waals surface area contributed by atoms with Gasteiger partial charge >= 0.3 is 5.97 Å². The maximum Gasteiger partial charge on any atom is 0.336 e. The van der Waals surface area contributed by atoms with Gasteiger partial charge < -0.3 is 5.11 Å². The molecule has 0 saturated heterocycles. The molecule has 1 aromatic heterocycles. The molecule has 0 bridgehead atoms. The predicted octanol–water partition coefficient (Wildman–Crippen LogP) is 3.85. The minimum atomic E-state index is -0.970. The van der Waals surface area contributed by atoms with Crippen molar-refractivity contribution in [3.8, 4) is 0 Å². The molecular weight excluding hydrogens is 384 g/mol. The van der Waals surface area contributed by atoms with Crippen LogP contribution in [-0.2, 0) is 0 Å². The van der Waals surface area contributed by atoms with Crippen LogP contribution in [0, 0.1) is 0 Å². The second-order valence-electron chi connectivity index (χ2n) is 3.23. The van der Waals surface area contributed by atoms with Crippen LogP contribution in [0.2, 0.25) is 0 Å². The zero-order valence-electron chi connectivity index (χ0n) is 8.80. The Morgan fingerprint density at radius 3 is 2.44 bits per heavy atom. The van der Waals surface area contributed by atoms with Crippen molar-refractivity contribution in [1.29, 1.82) is 0 Å². The normalized spacial score (nSPS) is 10.3. The number of benzene rings is 1. The van der Waals surface area contributed by atoms with E-state index in [1.807, 2.05) is 0 Å². The first kappa shape index (κ1) is 13.5. The number of carboxylic acid groups (broad SMARTS) is 1. The second kappa shape index (κ2) is 5.81. The summed E-state index contributed by atoms with van der Waals surface area (Å²) < 4.78 is 1.59. The topological polar surface area (TPSA) is 63.1 Å². The summed E-state index contributed by atoms with van der Waals surface area (Å²) in [5.41, 5.74) is 0.231. The van der Waals surface area contributed by atoms with Gasteiger partial charge in [-0.1, -0.05) is 15.9 Å².